The molecule has 0 saturated heterocycles. The predicted molar refractivity (Wildman–Crippen MR) is 49.7 cm³/mol. The maximum Gasteiger partial charge on any atom is 0.248 e. The third-order valence-electron chi connectivity index (χ3n) is 1.97. The molecule has 0 aromatic carbocycles. The van der Waals surface area contributed by atoms with E-state index in [1.807, 2.05) is 6.07 Å². The minimum Gasteiger partial charge on any atom is -0.325 e. The number of nitrogens with one attached hydrogen (secondary N) is 2. The molecule has 0 unspecified atom stereocenters. The van der Waals surface area contributed by atoms with Gasteiger partial charge in [0.2, 0.25) is 5.56 Å². The lowest BCUT2D eigenvalue weighted by atomic mass is 10.1. The van der Waals surface area contributed by atoms with Crippen LogP contribution in [0.3, 0.4) is 0 Å². The van der Waals surface area contributed by atoms with Gasteiger partial charge in [0.25, 0.3) is 0 Å². The molecule has 0 saturated carbocycles. The van der Waals surface area contributed by atoms with Crippen LogP contribution in [-0.4, -0.2) is 11.5 Å². The second-order valence-electron chi connectivity index (χ2n) is 2.75. The fourth-order valence-corrected chi connectivity index (χ4v) is 1.38. The number of hydrogen-bond donors (Lipinski definition) is 2. The highest BCUT2D eigenvalue weighted by Gasteiger charge is 2.07. The van der Waals surface area contributed by atoms with Gasteiger partial charge < -0.3 is 10.3 Å². The van der Waals surface area contributed by atoms with E-state index in [9.17, 15) is 4.79 Å². The van der Waals surface area contributed by atoms with E-state index in [0.717, 1.165) is 25.2 Å². The number of fused-ring (bicyclic) bond motifs is 1. The maximum atomic E-state index is 10.9. The Bertz CT molecular complexity index is 321. The zero-order valence-electron chi connectivity index (χ0n) is 6.59. The van der Waals surface area contributed by atoms with Crippen LogP contribution in [0.15, 0.2) is 16.9 Å². The fourth-order valence-electron chi connectivity index (χ4n) is 1.38. The smallest absolute Gasteiger partial charge is 0.248 e. The number of hydrogen-bond acceptors (Lipinski definition) is 2. The van der Waals surface area contributed by atoms with Gasteiger partial charge in [-0.3, -0.25) is 4.79 Å². The van der Waals surface area contributed by atoms with Crippen LogP contribution < -0.4 is 10.9 Å². The van der Waals surface area contributed by atoms with Gasteiger partial charge in [0.15, 0.2) is 0 Å². The quantitative estimate of drug-likeness (QED) is 0.618. The van der Waals surface area contributed by atoms with Crippen LogP contribution in [0.2, 0.25) is 0 Å². The molecule has 66 valence electrons. The van der Waals surface area contributed by atoms with E-state index < -0.39 is 0 Å². The monoisotopic (exact) mass is 186 g/mol. The molecule has 0 bridgehead atoms. The summed E-state index contributed by atoms with van der Waals surface area (Å²) in [7, 11) is 0. The first-order valence-electron chi connectivity index (χ1n) is 3.78. The van der Waals surface area contributed by atoms with Crippen molar-refractivity contribution in [2.45, 2.75) is 13.0 Å². The predicted octanol–water partition coefficient (Wildman–Crippen LogP) is 0.442. The first-order chi connectivity index (χ1) is 5.36. The van der Waals surface area contributed by atoms with E-state index in [1.54, 1.807) is 6.07 Å². The Morgan fingerprint density at radius 2 is 2.17 bits per heavy atom. The van der Waals surface area contributed by atoms with Crippen LogP contribution in [0, 0.1) is 0 Å². The van der Waals surface area contributed by atoms with Gasteiger partial charge in [-0.25, -0.2) is 0 Å². The minimum absolute atomic E-state index is 0. The van der Waals surface area contributed by atoms with Crippen molar-refractivity contribution < 1.29 is 0 Å². The third kappa shape index (κ3) is 1.68. The Balaban J connectivity index is 0.000000720. The molecule has 0 radical (unpaired) electrons. The maximum absolute atomic E-state index is 10.9. The molecule has 1 aromatic rings. The average molecular weight is 187 g/mol. The van der Waals surface area contributed by atoms with Gasteiger partial charge in [-0.1, -0.05) is 6.07 Å². The van der Waals surface area contributed by atoms with Crippen LogP contribution in [0.25, 0.3) is 0 Å². The summed E-state index contributed by atoms with van der Waals surface area (Å²) in [6.07, 6.45) is 1.02. The summed E-state index contributed by atoms with van der Waals surface area (Å²) in [5.74, 6) is 0. The van der Waals surface area contributed by atoms with Gasteiger partial charge in [-0.05, 0) is 18.5 Å². The summed E-state index contributed by atoms with van der Waals surface area (Å²) in [4.78, 5) is 13.7. The van der Waals surface area contributed by atoms with Gasteiger partial charge in [0.1, 0.15) is 0 Å². The number of halogens is 1. The van der Waals surface area contributed by atoms with Crippen molar-refractivity contribution in [3.63, 3.8) is 0 Å². The molecule has 12 heavy (non-hydrogen) atoms. The van der Waals surface area contributed by atoms with Crippen molar-refractivity contribution in [2.24, 2.45) is 0 Å². The number of pyridine rings is 1. The molecule has 0 fully saturated rings. The number of H-pyrrole nitrogens is 1. The van der Waals surface area contributed by atoms with Crippen LogP contribution in [-0.2, 0) is 13.0 Å². The van der Waals surface area contributed by atoms with Crippen molar-refractivity contribution in [1.29, 1.82) is 0 Å². The molecule has 4 heteroatoms. The van der Waals surface area contributed by atoms with Gasteiger partial charge in [-0.2, -0.15) is 0 Å². The van der Waals surface area contributed by atoms with Gasteiger partial charge in [0, 0.05) is 18.3 Å². The highest BCUT2D eigenvalue weighted by Crippen LogP contribution is 2.07. The van der Waals surface area contributed by atoms with Gasteiger partial charge >= 0.3 is 0 Å². The first kappa shape index (κ1) is 9.29. The largest absolute Gasteiger partial charge is 0.325 e. The molecule has 1 aromatic heterocycles. The zero-order chi connectivity index (χ0) is 7.68. The van der Waals surface area contributed by atoms with E-state index in [-0.39, 0.29) is 18.0 Å². The molecular weight excluding hydrogens is 176 g/mol. The standard InChI is InChI=1S/C8H10N2O.ClH/c11-8-2-1-6-3-4-9-5-7(6)10-8;/h1-2,9H,3-5H2,(H,10,11);1H. The third-order valence-corrected chi connectivity index (χ3v) is 1.97. The van der Waals surface area contributed by atoms with Crippen molar-refractivity contribution in [3.8, 4) is 0 Å². The molecule has 3 nitrogen and oxygen atoms in total. The van der Waals surface area contributed by atoms with Crippen LogP contribution in [0.5, 0.6) is 0 Å². The van der Waals surface area contributed by atoms with E-state index in [2.05, 4.69) is 10.3 Å². The van der Waals surface area contributed by atoms with Gasteiger partial charge in [-0.15, -0.1) is 12.4 Å². The normalized spacial score (nSPS) is 14.7. The Morgan fingerprint density at radius 1 is 1.33 bits per heavy atom. The summed E-state index contributed by atoms with van der Waals surface area (Å²) in [6, 6.07) is 3.50. The van der Waals surface area contributed by atoms with E-state index in [1.165, 1.54) is 5.56 Å². The number of aromatic amines is 1. The summed E-state index contributed by atoms with van der Waals surface area (Å²) in [5.41, 5.74) is 2.31. The Hall–Kier alpha value is -0.800. The van der Waals surface area contributed by atoms with E-state index >= 15 is 0 Å². The summed E-state index contributed by atoms with van der Waals surface area (Å²) in [5, 5.41) is 3.20. The van der Waals surface area contributed by atoms with Crippen molar-refractivity contribution in [1.82, 2.24) is 10.3 Å². The summed E-state index contributed by atoms with van der Waals surface area (Å²) >= 11 is 0. The Kier molecular flexibility index (Phi) is 2.89. The number of aromatic nitrogens is 1. The molecule has 0 aliphatic carbocycles. The molecule has 2 rings (SSSR count). The second-order valence-corrected chi connectivity index (χ2v) is 2.75. The molecule has 0 atom stereocenters. The highest BCUT2D eigenvalue weighted by molar-refractivity contribution is 5.85. The zero-order valence-corrected chi connectivity index (χ0v) is 7.41. The first-order valence-corrected chi connectivity index (χ1v) is 3.78. The van der Waals surface area contributed by atoms with E-state index in [4.69, 9.17) is 0 Å². The highest BCUT2D eigenvalue weighted by atomic mass is 35.5. The molecule has 1 aliphatic rings. The molecule has 0 amide bonds. The molecule has 0 spiro atoms. The molecule has 1 aliphatic heterocycles. The van der Waals surface area contributed by atoms with Crippen LogP contribution in [0.1, 0.15) is 11.3 Å². The second kappa shape index (κ2) is 3.74. The van der Waals surface area contributed by atoms with Crippen molar-refractivity contribution in [3.05, 3.63) is 33.7 Å². The van der Waals surface area contributed by atoms with Crippen molar-refractivity contribution in [2.75, 3.05) is 6.54 Å². The van der Waals surface area contributed by atoms with Gasteiger partial charge in [0.05, 0.1) is 0 Å². The average Bonchev–Trinajstić information content (AvgIpc) is 2.04. The van der Waals surface area contributed by atoms with Crippen LogP contribution in [0.4, 0.5) is 0 Å². The Morgan fingerprint density at radius 3 is 3.00 bits per heavy atom. The van der Waals surface area contributed by atoms with E-state index in [0.29, 0.717) is 0 Å². The van der Waals surface area contributed by atoms with Crippen molar-refractivity contribution >= 4 is 12.4 Å². The summed E-state index contributed by atoms with van der Waals surface area (Å²) in [6.45, 7) is 1.81. The molecule has 2 N–H and O–H groups in total. The minimum atomic E-state index is -0.00699. The van der Waals surface area contributed by atoms with Crippen LogP contribution >= 0.6 is 12.4 Å². The summed E-state index contributed by atoms with van der Waals surface area (Å²) < 4.78 is 0. The molecular formula is C8H11ClN2O. The fraction of sp³-hybridized carbons (Fsp3) is 0.375. The lowest BCUT2D eigenvalue weighted by Crippen LogP contribution is -2.26. The topological polar surface area (TPSA) is 44.9 Å². The number of rotatable bonds is 0. The Labute approximate surface area is 76.6 Å². The lowest BCUT2D eigenvalue weighted by Gasteiger charge is -2.15. The SMILES string of the molecule is Cl.O=c1ccc2c([nH]1)CNCC2. The molecule has 2 heterocycles. The lowest BCUT2D eigenvalue weighted by molar-refractivity contribution is 0.625.